The van der Waals surface area contributed by atoms with Crippen LogP contribution in [0.5, 0.6) is 0 Å². The molecule has 0 aliphatic heterocycles. The molecule has 0 spiro atoms. The largest absolute Gasteiger partial charge is 0.319 e. The van der Waals surface area contributed by atoms with E-state index < -0.39 is 5.82 Å². The van der Waals surface area contributed by atoms with Crippen molar-refractivity contribution in [3.8, 4) is 0 Å². The van der Waals surface area contributed by atoms with E-state index in [1.807, 2.05) is 22.9 Å². The monoisotopic (exact) mass is 395 g/mol. The molecule has 1 aromatic carbocycles. The van der Waals surface area contributed by atoms with Gasteiger partial charge in [-0.3, -0.25) is 4.79 Å². The number of carbonyl (C=O) groups is 1. The van der Waals surface area contributed by atoms with E-state index in [0.717, 1.165) is 18.0 Å². The van der Waals surface area contributed by atoms with Gasteiger partial charge in [0.05, 0.1) is 15.4 Å². The lowest BCUT2D eigenvalue weighted by Crippen LogP contribution is -3.10. The summed E-state index contributed by atoms with van der Waals surface area (Å²) in [6.45, 7) is 1.77. The quantitative estimate of drug-likeness (QED) is 0.626. The van der Waals surface area contributed by atoms with Crippen LogP contribution in [0.3, 0.4) is 0 Å². The van der Waals surface area contributed by atoms with Crippen LogP contribution in [0.15, 0.2) is 53.2 Å². The first-order valence-corrected chi connectivity index (χ1v) is 9.87. The van der Waals surface area contributed by atoms with Crippen LogP contribution >= 0.6 is 34.3 Å². The second kappa shape index (κ2) is 8.58. The van der Waals surface area contributed by atoms with Gasteiger partial charge < -0.3 is 10.2 Å². The van der Waals surface area contributed by atoms with Gasteiger partial charge in [-0.15, -0.1) is 22.7 Å². The molecule has 0 saturated heterocycles. The lowest BCUT2D eigenvalue weighted by Gasteiger charge is -2.18. The fourth-order valence-electron chi connectivity index (χ4n) is 2.52. The summed E-state index contributed by atoms with van der Waals surface area (Å²) in [6, 6.07) is 12.4. The van der Waals surface area contributed by atoms with Gasteiger partial charge in [0.25, 0.3) is 5.91 Å². The Morgan fingerprint density at radius 3 is 2.24 bits per heavy atom. The van der Waals surface area contributed by atoms with Crippen molar-refractivity contribution in [2.75, 3.05) is 11.9 Å². The number of anilines is 1. The molecule has 2 heterocycles. The number of hydrogen-bond acceptors (Lipinski definition) is 3. The highest BCUT2D eigenvalue weighted by atomic mass is 35.5. The van der Waals surface area contributed by atoms with Crippen molar-refractivity contribution < 1.29 is 14.1 Å². The zero-order valence-electron chi connectivity index (χ0n) is 13.3. The number of rotatable bonds is 7. The summed E-state index contributed by atoms with van der Waals surface area (Å²) in [6.07, 6.45) is 0. The molecule has 0 unspecified atom stereocenters. The maximum absolute atomic E-state index is 13.9. The van der Waals surface area contributed by atoms with Gasteiger partial charge in [-0.1, -0.05) is 23.7 Å². The molecule has 130 valence electrons. The highest BCUT2D eigenvalue weighted by Crippen LogP contribution is 2.18. The summed E-state index contributed by atoms with van der Waals surface area (Å²) in [5.41, 5.74) is 0.154. The maximum Gasteiger partial charge on any atom is 0.279 e. The SMILES string of the molecule is O=C(C[NH+](Cc1cccs1)Cc1cccs1)Nc1ccc(Cl)cc1F. The minimum Gasteiger partial charge on any atom is -0.319 e. The molecule has 0 fully saturated rings. The fourth-order valence-corrected chi connectivity index (χ4v) is 4.23. The van der Waals surface area contributed by atoms with Gasteiger partial charge in [0.15, 0.2) is 6.54 Å². The number of quaternary nitrogens is 1. The van der Waals surface area contributed by atoms with E-state index in [1.54, 1.807) is 28.7 Å². The van der Waals surface area contributed by atoms with Crippen LogP contribution in [-0.2, 0) is 17.9 Å². The second-order valence-corrected chi connectivity index (χ2v) is 8.11. The van der Waals surface area contributed by atoms with Gasteiger partial charge in [-0.05, 0) is 41.1 Å². The Balaban J connectivity index is 1.66. The number of halogens is 2. The van der Waals surface area contributed by atoms with Crippen LogP contribution in [0.1, 0.15) is 9.75 Å². The topological polar surface area (TPSA) is 33.5 Å². The Hall–Kier alpha value is -1.73. The van der Waals surface area contributed by atoms with E-state index in [4.69, 9.17) is 11.6 Å². The molecule has 0 aliphatic rings. The Morgan fingerprint density at radius 2 is 1.72 bits per heavy atom. The van der Waals surface area contributed by atoms with Gasteiger partial charge >= 0.3 is 0 Å². The van der Waals surface area contributed by atoms with E-state index in [1.165, 1.54) is 21.9 Å². The molecule has 3 nitrogen and oxygen atoms in total. The van der Waals surface area contributed by atoms with Crippen molar-refractivity contribution in [1.29, 1.82) is 0 Å². The average Bonchev–Trinajstić information content (AvgIpc) is 3.24. The molecule has 2 aromatic heterocycles. The summed E-state index contributed by atoms with van der Waals surface area (Å²) < 4.78 is 13.9. The number of thiophene rings is 2. The molecule has 0 bridgehead atoms. The molecule has 2 N–H and O–H groups in total. The predicted octanol–water partition coefficient (Wildman–Crippen LogP) is 3.83. The van der Waals surface area contributed by atoms with E-state index in [2.05, 4.69) is 17.4 Å². The Bertz CT molecular complexity index is 785. The number of nitrogens with one attached hydrogen (secondary N) is 2. The van der Waals surface area contributed by atoms with Gasteiger partial charge in [-0.25, -0.2) is 4.39 Å². The fraction of sp³-hybridized carbons (Fsp3) is 0.167. The first-order chi connectivity index (χ1) is 12.1. The number of carbonyl (C=O) groups excluding carboxylic acids is 1. The van der Waals surface area contributed by atoms with E-state index in [9.17, 15) is 9.18 Å². The predicted molar refractivity (Wildman–Crippen MR) is 102 cm³/mol. The summed E-state index contributed by atoms with van der Waals surface area (Å²) in [5.74, 6) is -0.747. The van der Waals surface area contributed by atoms with Crippen molar-refractivity contribution in [2.24, 2.45) is 0 Å². The summed E-state index contributed by atoms with van der Waals surface area (Å²) >= 11 is 9.09. The standard InChI is InChI=1S/C18H16ClFN2OS2/c19-13-5-6-17(16(20)9-13)21-18(23)12-22(10-14-3-1-7-24-14)11-15-4-2-8-25-15/h1-9H,10-12H2,(H,21,23)/p+1. The summed E-state index contributed by atoms with van der Waals surface area (Å²) in [7, 11) is 0. The molecule has 0 atom stereocenters. The van der Waals surface area contributed by atoms with Crippen LogP contribution < -0.4 is 10.2 Å². The summed E-state index contributed by atoms with van der Waals surface area (Å²) in [5, 5.41) is 7.00. The van der Waals surface area contributed by atoms with Crippen molar-refractivity contribution in [3.05, 3.63) is 73.8 Å². The number of benzene rings is 1. The Morgan fingerprint density at radius 1 is 1.08 bits per heavy atom. The van der Waals surface area contributed by atoms with Gasteiger partial charge in [-0.2, -0.15) is 0 Å². The number of amides is 1. The summed E-state index contributed by atoms with van der Waals surface area (Å²) in [4.78, 5) is 15.9. The van der Waals surface area contributed by atoms with Gasteiger partial charge in [0.2, 0.25) is 0 Å². The Labute approximate surface area is 158 Å². The molecule has 0 saturated carbocycles. The lowest BCUT2D eigenvalue weighted by molar-refractivity contribution is -0.918. The smallest absolute Gasteiger partial charge is 0.279 e. The van der Waals surface area contributed by atoms with Crippen molar-refractivity contribution >= 4 is 45.9 Å². The molecule has 25 heavy (non-hydrogen) atoms. The van der Waals surface area contributed by atoms with Crippen molar-refractivity contribution in [1.82, 2.24) is 0 Å². The van der Waals surface area contributed by atoms with Gasteiger partial charge in [0, 0.05) is 5.02 Å². The van der Waals surface area contributed by atoms with Crippen LogP contribution in [0, 0.1) is 5.82 Å². The zero-order valence-corrected chi connectivity index (χ0v) is 15.7. The Kier molecular flexibility index (Phi) is 6.20. The van der Waals surface area contributed by atoms with E-state index >= 15 is 0 Å². The molecule has 1 amide bonds. The van der Waals surface area contributed by atoms with Crippen LogP contribution in [-0.4, -0.2) is 12.5 Å². The third-order valence-electron chi connectivity index (χ3n) is 3.62. The molecule has 3 rings (SSSR count). The van der Waals surface area contributed by atoms with E-state index in [-0.39, 0.29) is 18.1 Å². The molecular weight excluding hydrogens is 379 g/mol. The highest BCUT2D eigenvalue weighted by molar-refractivity contribution is 7.10. The van der Waals surface area contributed by atoms with Gasteiger partial charge in [0.1, 0.15) is 18.9 Å². The first kappa shape index (κ1) is 18.1. The first-order valence-electron chi connectivity index (χ1n) is 7.73. The second-order valence-electron chi connectivity index (χ2n) is 5.61. The molecule has 7 heteroatoms. The minimum absolute atomic E-state index is 0.154. The minimum atomic E-state index is -0.529. The van der Waals surface area contributed by atoms with Crippen LogP contribution in [0.2, 0.25) is 5.02 Å². The van der Waals surface area contributed by atoms with Crippen molar-refractivity contribution in [3.63, 3.8) is 0 Å². The third kappa shape index (κ3) is 5.37. The maximum atomic E-state index is 13.9. The normalized spacial score (nSPS) is 11.0. The zero-order chi connectivity index (χ0) is 17.6. The number of hydrogen-bond donors (Lipinski definition) is 2. The molecule has 0 radical (unpaired) electrons. The van der Waals surface area contributed by atoms with Crippen molar-refractivity contribution in [2.45, 2.75) is 13.1 Å². The third-order valence-corrected chi connectivity index (χ3v) is 5.61. The highest BCUT2D eigenvalue weighted by Gasteiger charge is 2.18. The van der Waals surface area contributed by atoms with Crippen LogP contribution in [0.25, 0.3) is 0 Å². The molecular formula is C18H17ClFN2OS2+. The van der Waals surface area contributed by atoms with E-state index in [0.29, 0.717) is 5.02 Å². The molecule has 0 aliphatic carbocycles. The lowest BCUT2D eigenvalue weighted by atomic mass is 10.3. The average molecular weight is 396 g/mol. The molecule has 3 aromatic rings. The van der Waals surface area contributed by atoms with Crippen LogP contribution in [0.4, 0.5) is 10.1 Å².